The summed E-state index contributed by atoms with van der Waals surface area (Å²) in [6.07, 6.45) is 6.47. The Morgan fingerprint density at radius 3 is 2.02 bits per heavy atom. The number of benzene rings is 1. The van der Waals surface area contributed by atoms with Gasteiger partial charge < -0.3 is 29.8 Å². The first kappa shape index (κ1) is 28.5. The van der Waals surface area contributed by atoms with Crippen molar-refractivity contribution in [3.8, 4) is 0 Å². The molecule has 0 spiro atoms. The maximum absolute atomic E-state index is 13.0. The molecule has 1 aromatic carbocycles. The molecule has 0 bridgehead atoms. The molecule has 11 heteroatoms. The monoisotopic (exact) mass is 546 g/mol. The standard InChI is InChI=1S/C29H34N6O5/c1-20(36)4-5-21-6-8-22(9-7-21)27(37)31-23-17-26(34(3)18-23)29(39)32-24-16-25(33(2)19-24)28(38)30-10-11-35-12-14-40-15-13-35/h4-9,16-19H,10-15H2,1-3H3,(H,30,38)(H,31,37)(H,32,39)/b5-4+. The van der Waals surface area contributed by atoms with E-state index >= 15 is 0 Å². The van der Waals surface area contributed by atoms with E-state index < -0.39 is 0 Å². The van der Waals surface area contributed by atoms with Crippen LogP contribution in [0.3, 0.4) is 0 Å². The number of ketones is 1. The molecule has 0 radical (unpaired) electrons. The Bertz CT molecular complexity index is 1410. The Hall–Kier alpha value is -4.48. The summed E-state index contributed by atoms with van der Waals surface area (Å²) in [7, 11) is 3.45. The number of nitrogens with one attached hydrogen (secondary N) is 3. The van der Waals surface area contributed by atoms with Gasteiger partial charge in [-0.05, 0) is 42.8 Å². The van der Waals surface area contributed by atoms with Crippen LogP contribution in [0.15, 0.2) is 54.9 Å². The zero-order chi connectivity index (χ0) is 28.6. The van der Waals surface area contributed by atoms with E-state index in [-0.39, 0.29) is 23.5 Å². The van der Waals surface area contributed by atoms with Gasteiger partial charge in [0, 0.05) is 58.2 Å². The van der Waals surface area contributed by atoms with E-state index in [4.69, 9.17) is 4.74 Å². The van der Waals surface area contributed by atoms with Crippen LogP contribution in [-0.2, 0) is 23.6 Å². The molecular formula is C29H34N6O5. The largest absolute Gasteiger partial charge is 0.379 e. The lowest BCUT2D eigenvalue weighted by Gasteiger charge is -2.26. The molecule has 0 atom stereocenters. The summed E-state index contributed by atoms with van der Waals surface area (Å²) in [6.45, 7) is 5.87. The first-order valence-electron chi connectivity index (χ1n) is 13.0. The Morgan fingerprint density at radius 2 is 1.43 bits per heavy atom. The number of aromatic nitrogens is 2. The van der Waals surface area contributed by atoms with Crippen LogP contribution in [0, 0.1) is 0 Å². The highest BCUT2D eigenvalue weighted by molar-refractivity contribution is 6.07. The molecule has 3 heterocycles. The first-order chi connectivity index (χ1) is 19.2. The van der Waals surface area contributed by atoms with E-state index in [2.05, 4.69) is 20.9 Å². The third-order valence-corrected chi connectivity index (χ3v) is 6.49. The second-order valence-electron chi connectivity index (χ2n) is 9.63. The van der Waals surface area contributed by atoms with E-state index in [0.717, 1.165) is 25.2 Å². The van der Waals surface area contributed by atoms with E-state index in [1.165, 1.54) is 13.0 Å². The lowest BCUT2D eigenvalue weighted by Crippen LogP contribution is -2.41. The number of rotatable bonds is 10. The van der Waals surface area contributed by atoms with Crippen LogP contribution in [0.4, 0.5) is 11.4 Å². The van der Waals surface area contributed by atoms with Gasteiger partial charge in [0.2, 0.25) is 0 Å². The minimum absolute atomic E-state index is 0.0564. The Labute approximate surface area is 232 Å². The minimum atomic E-state index is -0.380. The molecule has 1 aliphatic rings. The lowest BCUT2D eigenvalue weighted by atomic mass is 10.1. The molecule has 4 rings (SSSR count). The molecule has 0 aliphatic carbocycles. The normalized spacial score (nSPS) is 13.8. The smallest absolute Gasteiger partial charge is 0.272 e. The summed E-state index contributed by atoms with van der Waals surface area (Å²) in [4.78, 5) is 51.7. The van der Waals surface area contributed by atoms with Crippen molar-refractivity contribution in [3.63, 3.8) is 0 Å². The van der Waals surface area contributed by atoms with Crippen LogP contribution in [0.25, 0.3) is 6.08 Å². The van der Waals surface area contributed by atoms with Crippen LogP contribution in [0.1, 0.15) is 43.8 Å². The summed E-state index contributed by atoms with van der Waals surface area (Å²) in [5.41, 5.74) is 2.96. The fourth-order valence-electron chi connectivity index (χ4n) is 4.32. The van der Waals surface area contributed by atoms with Gasteiger partial charge in [-0.3, -0.25) is 24.1 Å². The number of aryl methyl sites for hydroxylation is 2. The lowest BCUT2D eigenvalue weighted by molar-refractivity contribution is -0.112. The molecule has 1 saturated heterocycles. The van der Waals surface area contributed by atoms with Crippen LogP contribution < -0.4 is 16.0 Å². The minimum Gasteiger partial charge on any atom is -0.379 e. The van der Waals surface area contributed by atoms with Crippen LogP contribution in [0.2, 0.25) is 0 Å². The number of amides is 3. The van der Waals surface area contributed by atoms with Gasteiger partial charge in [0.1, 0.15) is 11.4 Å². The van der Waals surface area contributed by atoms with Crippen molar-refractivity contribution >= 4 is 41.0 Å². The van der Waals surface area contributed by atoms with Gasteiger partial charge in [0.05, 0.1) is 24.6 Å². The van der Waals surface area contributed by atoms with Gasteiger partial charge in [-0.2, -0.15) is 0 Å². The van der Waals surface area contributed by atoms with E-state index in [1.54, 1.807) is 78.1 Å². The van der Waals surface area contributed by atoms with E-state index in [0.29, 0.717) is 48.1 Å². The maximum Gasteiger partial charge on any atom is 0.272 e. The second-order valence-corrected chi connectivity index (χ2v) is 9.63. The molecule has 3 amide bonds. The number of ether oxygens (including phenoxy) is 1. The van der Waals surface area contributed by atoms with Crippen molar-refractivity contribution in [2.75, 3.05) is 50.0 Å². The molecule has 1 fully saturated rings. The summed E-state index contributed by atoms with van der Waals surface area (Å²) in [6, 6.07) is 10.0. The van der Waals surface area contributed by atoms with Crippen molar-refractivity contribution in [1.82, 2.24) is 19.4 Å². The maximum atomic E-state index is 13.0. The van der Waals surface area contributed by atoms with E-state index in [1.807, 2.05) is 0 Å². The SMILES string of the molecule is CC(=O)/C=C/c1ccc(C(=O)Nc2cc(C(=O)Nc3cc(C(=O)NCCN4CCOCC4)n(C)c3)n(C)c2)cc1. The summed E-state index contributed by atoms with van der Waals surface area (Å²) < 4.78 is 8.62. The first-order valence-corrected chi connectivity index (χ1v) is 13.0. The number of hydrogen-bond acceptors (Lipinski definition) is 6. The fourth-order valence-corrected chi connectivity index (χ4v) is 4.32. The average molecular weight is 547 g/mol. The van der Waals surface area contributed by atoms with Gasteiger partial charge in [0.25, 0.3) is 17.7 Å². The quantitative estimate of drug-likeness (QED) is 0.336. The molecule has 210 valence electrons. The Kier molecular flexibility index (Phi) is 9.31. The van der Waals surface area contributed by atoms with Gasteiger partial charge in [-0.1, -0.05) is 18.2 Å². The number of carbonyl (C=O) groups excluding carboxylic acids is 4. The molecule has 3 aromatic rings. The number of hydrogen-bond donors (Lipinski definition) is 3. The molecule has 2 aromatic heterocycles. The van der Waals surface area contributed by atoms with Crippen LogP contribution >= 0.6 is 0 Å². The zero-order valence-corrected chi connectivity index (χ0v) is 22.9. The fraction of sp³-hybridized carbons (Fsp3) is 0.310. The molecule has 3 N–H and O–H groups in total. The average Bonchev–Trinajstić information content (AvgIpc) is 3.49. The summed E-state index contributed by atoms with van der Waals surface area (Å²) >= 11 is 0. The molecular weight excluding hydrogens is 512 g/mol. The second kappa shape index (κ2) is 13.0. The Morgan fingerprint density at radius 1 is 0.850 bits per heavy atom. The van der Waals surface area contributed by atoms with Crippen LogP contribution in [0.5, 0.6) is 0 Å². The molecule has 1 aliphatic heterocycles. The molecule has 11 nitrogen and oxygen atoms in total. The number of carbonyl (C=O) groups is 4. The highest BCUT2D eigenvalue weighted by atomic mass is 16.5. The van der Waals surface area contributed by atoms with Crippen LogP contribution in [-0.4, -0.2) is 76.9 Å². The predicted octanol–water partition coefficient (Wildman–Crippen LogP) is 2.53. The highest BCUT2D eigenvalue weighted by Gasteiger charge is 2.18. The highest BCUT2D eigenvalue weighted by Crippen LogP contribution is 2.18. The summed E-state index contributed by atoms with van der Waals surface area (Å²) in [5.74, 6) is -0.983. The number of nitrogens with zero attached hydrogens (tertiary/aromatic N) is 3. The number of anilines is 2. The predicted molar refractivity (Wildman–Crippen MR) is 152 cm³/mol. The van der Waals surface area contributed by atoms with Gasteiger partial charge in [-0.15, -0.1) is 0 Å². The van der Waals surface area contributed by atoms with Crippen molar-refractivity contribution < 1.29 is 23.9 Å². The topological polar surface area (TPSA) is 127 Å². The van der Waals surface area contributed by atoms with Gasteiger partial charge in [-0.25, -0.2) is 0 Å². The summed E-state index contributed by atoms with van der Waals surface area (Å²) in [5, 5.41) is 8.55. The zero-order valence-electron chi connectivity index (χ0n) is 22.9. The van der Waals surface area contributed by atoms with Crippen molar-refractivity contribution in [2.24, 2.45) is 14.1 Å². The number of allylic oxidation sites excluding steroid dienone is 1. The molecule has 40 heavy (non-hydrogen) atoms. The van der Waals surface area contributed by atoms with Gasteiger partial charge in [0.15, 0.2) is 5.78 Å². The molecule has 0 saturated carbocycles. The van der Waals surface area contributed by atoms with Crippen molar-refractivity contribution in [2.45, 2.75) is 6.92 Å². The van der Waals surface area contributed by atoms with Gasteiger partial charge >= 0.3 is 0 Å². The van der Waals surface area contributed by atoms with Crippen molar-refractivity contribution in [1.29, 1.82) is 0 Å². The Balaban J connectivity index is 1.33. The molecule has 0 unspecified atom stereocenters. The number of morpholine rings is 1. The van der Waals surface area contributed by atoms with Crippen molar-refractivity contribution in [3.05, 3.63) is 77.4 Å². The third kappa shape index (κ3) is 7.55. The third-order valence-electron chi connectivity index (χ3n) is 6.49. The van der Waals surface area contributed by atoms with E-state index in [9.17, 15) is 19.2 Å².